The summed E-state index contributed by atoms with van der Waals surface area (Å²) in [6.45, 7) is 4.03. The van der Waals surface area contributed by atoms with Crippen LogP contribution in [0.5, 0.6) is 0 Å². The fourth-order valence-electron chi connectivity index (χ4n) is 3.14. The summed E-state index contributed by atoms with van der Waals surface area (Å²) in [5.74, 6) is 0. The second-order valence-corrected chi connectivity index (χ2v) is 6.01. The maximum Gasteiger partial charge on any atom is 0.192 e. The largest absolute Gasteiger partial charge is 0.376 e. The van der Waals surface area contributed by atoms with Gasteiger partial charge in [-0.3, -0.25) is 4.79 Å². The summed E-state index contributed by atoms with van der Waals surface area (Å²) in [6, 6.07) is 7.54. The predicted octanol–water partition coefficient (Wildman–Crippen LogP) is 4.16. The summed E-state index contributed by atoms with van der Waals surface area (Å²) >= 11 is 0. The molecule has 1 aromatic heterocycles. The molecular formula is C19H27NO2. The van der Waals surface area contributed by atoms with E-state index in [1.165, 1.54) is 32.1 Å². The van der Waals surface area contributed by atoms with E-state index in [4.69, 9.17) is 0 Å². The standard InChI is InChI=1S/C19H27NO2/c1-3-4-5-6-7-8-12-17-15(2)19(22)16-11-9-10-13-18(16)20(17)14-21/h9-11,13,21H,3-8,12,14H2,1-2H3. The number of rotatable bonds is 8. The summed E-state index contributed by atoms with van der Waals surface area (Å²) in [5, 5.41) is 10.5. The summed E-state index contributed by atoms with van der Waals surface area (Å²) in [6.07, 6.45) is 8.22. The molecule has 0 fully saturated rings. The Morgan fingerprint density at radius 1 is 1.05 bits per heavy atom. The molecule has 22 heavy (non-hydrogen) atoms. The molecule has 0 amide bonds. The van der Waals surface area contributed by atoms with E-state index in [-0.39, 0.29) is 12.2 Å². The Morgan fingerprint density at radius 3 is 2.45 bits per heavy atom. The van der Waals surface area contributed by atoms with Gasteiger partial charge in [0.05, 0.1) is 5.52 Å². The molecule has 0 radical (unpaired) electrons. The summed E-state index contributed by atoms with van der Waals surface area (Å²) in [4.78, 5) is 12.5. The molecule has 0 saturated carbocycles. The van der Waals surface area contributed by atoms with E-state index in [0.717, 1.165) is 29.6 Å². The number of para-hydroxylation sites is 1. The number of unbranched alkanes of at least 4 members (excludes halogenated alkanes) is 5. The lowest BCUT2D eigenvalue weighted by molar-refractivity contribution is 0.210. The number of pyridine rings is 1. The van der Waals surface area contributed by atoms with E-state index in [0.29, 0.717) is 5.39 Å². The minimum absolute atomic E-state index is 0.0766. The Balaban J connectivity index is 2.22. The van der Waals surface area contributed by atoms with Gasteiger partial charge in [-0.2, -0.15) is 0 Å². The molecule has 0 spiro atoms. The van der Waals surface area contributed by atoms with Gasteiger partial charge in [-0.05, 0) is 31.9 Å². The van der Waals surface area contributed by atoms with Gasteiger partial charge in [0.2, 0.25) is 0 Å². The molecule has 2 aromatic rings. The van der Waals surface area contributed by atoms with Crippen LogP contribution in [0.2, 0.25) is 0 Å². The van der Waals surface area contributed by atoms with Crippen LogP contribution < -0.4 is 5.43 Å². The molecule has 0 aliphatic rings. The summed E-state index contributed by atoms with van der Waals surface area (Å²) in [7, 11) is 0. The quantitative estimate of drug-likeness (QED) is 0.744. The molecule has 0 atom stereocenters. The first-order valence-corrected chi connectivity index (χ1v) is 8.42. The number of fused-ring (bicyclic) bond motifs is 1. The van der Waals surface area contributed by atoms with Crippen molar-refractivity contribution in [2.75, 3.05) is 0 Å². The van der Waals surface area contributed by atoms with Gasteiger partial charge in [0.15, 0.2) is 5.43 Å². The molecule has 0 unspecified atom stereocenters. The van der Waals surface area contributed by atoms with Gasteiger partial charge in [0.25, 0.3) is 0 Å². The molecule has 1 N–H and O–H groups in total. The monoisotopic (exact) mass is 301 g/mol. The zero-order valence-corrected chi connectivity index (χ0v) is 13.8. The third kappa shape index (κ3) is 3.58. The first kappa shape index (κ1) is 16.8. The molecule has 2 rings (SSSR count). The lowest BCUT2D eigenvalue weighted by Crippen LogP contribution is -2.19. The first-order chi connectivity index (χ1) is 10.7. The van der Waals surface area contributed by atoms with Gasteiger partial charge in [-0.15, -0.1) is 0 Å². The van der Waals surface area contributed by atoms with Crippen LogP contribution in [0.15, 0.2) is 29.1 Å². The van der Waals surface area contributed by atoms with Crippen LogP contribution in [-0.4, -0.2) is 9.67 Å². The number of hydrogen-bond acceptors (Lipinski definition) is 2. The zero-order valence-electron chi connectivity index (χ0n) is 13.8. The number of benzene rings is 1. The van der Waals surface area contributed by atoms with Gasteiger partial charge in [-0.1, -0.05) is 51.2 Å². The molecule has 3 nitrogen and oxygen atoms in total. The van der Waals surface area contributed by atoms with Gasteiger partial charge in [0.1, 0.15) is 6.73 Å². The molecule has 0 saturated heterocycles. The van der Waals surface area contributed by atoms with Gasteiger partial charge in [0, 0.05) is 16.6 Å². The molecule has 0 aliphatic carbocycles. The topological polar surface area (TPSA) is 42.2 Å². The number of hydrogen-bond donors (Lipinski definition) is 1. The molecule has 3 heteroatoms. The molecule has 0 aliphatic heterocycles. The Hall–Kier alpha value is -1.61. The van der Waals surface area contributed by atoms with Gasteiger partial charge < -0.3 is 9.67 Å². The second kappa shape index (κ2) is 8.14. The fraction of sp³-hybridized carbons (Fsp3) is 0.526. The van der Waals surface area contributed by atoms with Crippen molar-refractivity contribution in [1.29, 1.82) is 0 Å². The highest BCUT2D eigenvalue weighted by Gasteiger charge is 2.12. The van der Waals surface area contributed by atoms with Gasteiger partial charge in [-0.25, -0.2) is 0 Å². The van der Waals surface area contributed by atoms with Crippen molar-refractivity contribution < 1.29 is 5.11 Å². The van der Waals surface area contributed by atoms with Crippen molar-refractivity contribution in [3.63, 3.8) is 0 Å². The SMILES string of the molecule is CCCCCCCCc1c(C)c(=O)c2ccccc2n1CO. The Kier molecular flexibility index (Phi) is 6.20. The molecule has 1 heterocycles. The fourth-order valence-corrected chi connectivity index (χ4v) is 3.14. The Bertz CT molecular complexity index is 673. The van der Waals surface area contributed by atoms with Crippen LogP contribution in [0.1, 0.15) is 56.7 Å². The van der Waals surface area contributed by atoms with E-state index in [2.05, 4.69) is 6.92 Å². The maximum atomic E-state index is 12.5. The van der Waals surface area contributed by atoms with E-state index >= 15 is 0 Å². The zero-order chi connectivity index (χ0) is 15.9. The highest BCUT2D eigenvalue weighted by molar-refractivity contribution is 5.80. The summed E-state index contributed by atoms with van der Waals surface area (Å²) < 4.78 is 1.89. The minimum atomic E-state index is -0.0766. The molecule has 1 aromatic carbocycles. The van der Waals surface area contributed by atoms with Crippen LogP contribution in [0.3, 0.4) is 0 Å². The molecule has 0 bridgehead atoms. The van der Waals surface area contributed by atoms with Crippen LogP contribution in [0, 0.1) is 6.92 Å². The van der Waals surface area contributed by atoms with E-state index in [9.17, 15) is 9.90 Å². The van der Waals surface area contributed by atoms with Crippen LogP contribution in [0.4, 0.5) is 0 Å². The minimum Gasteiger partial charge on any atom is -0.376 e. The van der Waals surface area contributed by atoms with Crippen LogP contribution >= 0.6 is 0 Å². The highest BCUT2D eigenvalue weighted by Crippen LogP contribution is 2.18. The number of aliphatic hydroxyl groups is 1. The maximum absolute atomic E-state index is 12.5. The van der Waals surface area contributed by atoms with E-state index < -0.39 is 0 Å². The lowest BCUT2D eigenvalue weighted by atomic mass is 10.0. The number of aliphatic hydroxyl groups excluding tert-OH is 1. The van der Waals surface area contributed by atoms with Crippen molar-refractivity contribution in [3.05, 3.63) is 45.7 Å². The predicted molar refractivity (Wildman–Crippen MR) is 92.2 cm³/mol. The smallest absolute Gasteiger partial charge is 0.192 e. The van der Waals surface area contributed by atoms with Crippen molar-refractivity contribution >= 4 is 10.9 Å². The molecule has 120 valence electrons. The second-order valence-electron chi connectivity index (χ2n) is 6.01. The molecular weight excluding hydrogens is 274 g/mol. The average Bonchev–Trinajstić information content (AvgIpc) is 2.55. The van der Waals surface area contributed by atoms with Crippen molar-refractivity contribution in [1.82, 2.24) is 4.57 Å². The van der Waals surface area contributed by atoms with E-state index in [1.54, 1.807) is 0 Å². The van der Waals surface area contributed by atoms with Crippen LogP contribution in [-0.2, 0) is 13.2 Å². The van der Waals surface area contributed by atoms with Gasteiger partial charge >= 0.3 is 0 Å². The van der Waals surface area contributed by atoms with Crippen molar-refractivity contribution in [2.24, 2.45) is 0 Å². The van der Waals surface area contributed by atoms with Crippen molar-refractivity contribution in [2.45, 2.75) is 65.5 Å². The first-order valence-electron chi connectivity index (χ1n) is 8.42. The third-order valence-corrected chi connectivity index (χ3v) is 4.45. The lowest BCUT2D eigenvalue weighted by Gasteiger charge is -2.17. The normalized spacial score (nSPS) is 11.2. The number of nitrogens with zero attached hydrogens (tertiary/aromatic N) is 1. The Labute approximate surface area is 132 Å². The summed E-state index contributed by atoms with van der Waals surface area (Å²) in [5.41, 5.74) is 2.70. The highest BCUT2D eigenvalue weighted by atomic mass is 16.3. The third-order valence-electron chi connectivity index (χ3n) is 4.45. The van der Waals surface area contributed by atoms with Crippen LogP contribution in [0.25, 0.3) is 10.9 Å². The number of aromatic nitrogens is 1. The average molecular weight is 301 g/mol. The van der Waals surface area contributed by atoms with E-state index in [1.807, 2.05) is 35.8 Å². The Morgan fingerprint density at radius 2 is 1.73 bits per heavy atom. The van der Waals surface area contributed by atoms with Crippen molar-refractivity contribution in [3.8, 4) is 0 Å².